The van der Waals surface area contributed by atoms with Gasteiger partial charge in [0.25, 0.3) is 5.91 Å². The summed E-state index contributed by atoms with van der Waals surface area (Å²) in [6.45, 7) is 10.7. The molecule has 8 nitrogen and oxygen atoms in total. The Morgan fingerprint density at radius 2 is 1.97 bits per heavy atom. The van der Waals surface area contributed by atoms with Crippen molar-refractivity contribution < 1.29 is 14.7 Å². The van der Waals surface area contributed by atoms with Crippen LogP contribution in [0.3, 0.4) is 0 Å². The van der Waals surface area contributed by atoms with E-state index < -0.39 is 16.4 Å². The van der Waals surface area contributed by atoms with E-state index >= 15 is 0 Å². The summed E-state index contributed by atoms with van der Waals surface area (Å²) >= 11 is 1.31. The van der Waals surface area contributed by atoms with Gasteiger partial charge in [-0.25, -0.2) is 0 Å². The topological polar surface area (TPSA) is 110 Å². The largest absolute Gasteiger partial charge is 0.480 e. The van der Waals surface area contributed by atoms with Crippen LogP contribution in [0.1, 0.15) is 63.6 Å². The van der Waals surface area contributed by atoms with E-state index in [0.29, 0.717) is 18.8 Å². The molecule has 1 atom stereocenters. The molecule has 1 aliphatic heterocycles. The molecular weight excluding hydrogens is 426 g/mol. The molecule has 1 aromatic heterocycles. The van der Waals surface area contributed by atoms with Crippen molar-refractivity contribution in [1.82, 2.24) is 15.1 Å². The van der Waals surface area contributed by atoms with Gasteiger partial charge in [-0.2, -0.15) is 5.10 Å². The highest BCUT2D eigenvalue weighted by molar-refractivity contribution is 8.01. The van der Waals surface area contributed by atoms with Crippen molar-refractivity contribution in [1.29, 1.82) is 0 Å². The number of hydrogen-bond acceptors (Lipinski definition) is 6. The molecule has 1 aliphatic rings. The molecule has 0 saturated carbocycles. The van der Waals surface area contributed by atoms with Crippen molar-refractivity contribution in [3.8, 4) is 0 Å². The molecular formula is C23H33N5O3S. The van der Waals surface area contributed by atoms with Crippen LogP contribution < -0.4 is 10.6 Å². The number of carboxylic acid groups (broad SMARTS) is 1. The zero-order valence-electron chi connectivity index (χ0n) is 19.4. The number of anilines is 2. The summed E-state index contributed by atoms with van der Waals surface area (Å²) < 4.78 is -0.885. The zero-order chi connectivity index (χ0) is 23.5. The highest BCUT2D eigenvalue weighted by Crippen LogP contribution is 2.35. The van der Waals surface area contributed by atoms with Crippen LogP contribution in [0.4, 0.5) is 11.4 Å². The summed E-state index contributed by atoms with van der Waals surface area (Å²) in [6, 6.07) is 7.68. The van der Waals surface area contributed by atoms with Gasteiger partial charge in [0, 0.05) is 23.7 Å². The molecule has 2 aromatic rings. The number of aryl methyl sites for hydroxylation is 1. The summed E-state index contributed by atoms with van der Waals surface area (Å²) in [5.41, 5.74) is 2.72. The van der Waals surface area contributed by atoms with Crippen molar-refractivity contribution >= 4 is 35.0 Å². The van der Waals surface area contributed by atoms with Gasteiger partial charge in [0.2, 0.25) is 0 Å². The van der Waals surface area contributed by atoms with Crippen LogP contribution in [0.2, 0.25) is 0 Å². The second-order valence-electron chi connectivity index (χ2n) is 8.75. The van der Waals surface area contributed by atoms with Gasteiger partial charge in [-0.05, 0) is 57.9 Å². The number of benzene rings is 1. The fourth-order valence-electron chi connectivity index (χ4n) is 3.70. The summed E-state index contributed by atoms with van der Waals surface area (Å²) in [6.07, 6.45) is 2.56. The maximum atomic E-state index is 13.2. The first-order valence-electron chi connectivity index (χ1n) is 11.0. The van der Waals surface area contributed by atoms with Gasteiger partial charge in [-0.15, -0.1) is 11.8 Å². The summed E-state index contributed by atoms with van der Waals surface area (Å²) in [4.78, 5) is 27.3. The molecule has 32 heavy (non-hydrogen) atoms. The zero-order valence-corrected chi connectivity index (χ0v) is 20.2. The van der Waals surface area contributed by atoms with Crippen LogP contribution in [0, 0.1) is 0 Å². The third kappa shape index (κ3) is 4.87. The Balaban J connectivity index is 1.64. The minimum atomic E-state index is -0.885. The number of nitrogens with zero attached hydrogens (tertiary/aromatic N) is 2. The molecule has 3 rings (SSSR count). The molecule has 1 amide bonds. The van der Waals surface area contributed by atoms with Crippen LogP contribution >= 0.6 is 11.8 Å². The minimum Gasteiger partial charge on any atom is -0.480 e. The Labute approximate surface area is 193 Å². The predicted molar refractivity (Wildman–Crippen MR) is 128 cm³/mol. The number of hydrogen-bond donors (Lipinski definition) is 4. The standard InChI is InChI=1S/C23H33N5O3S/c1-6-8-17-18-19(27-26-17)20(29)28(23(5,7-2)25-18)14-13-24-15-9-11-16(12-10-15)32-22(3,4)21(30)31/h9-12,24-25H,6-8,13-14H2,1-5H3,(H,26,27)(H,30,31). The number of carbonyl (C=O) groups is 2. The lowest BCUT2D eigenvalue weighted by Crippen LogP contribution is -2.59. The molecule has 0 aliphatic carbocycles. The summed E-state index contributed by atoms with van der Waals surface area (Å²) in [5, 5.41) is 23.5. The molecule has 9 heteroatoms. The Morgan fingerprint density at radius 1 is 1.28 bits per heavy atom. The molecule has 4 N–H and O–H groups in total. The molecule has 1 aromatic carbocycles. The summed E-state index contributed by atoms with van der Waals surface area (Å²) in [5.74, 6) is -0.881. The van der Waals surface area contributed by atoms with E-state index in [4.69, 9.17) is 0 Å². The molecule has 2 heterocycles. The fourth-order valence-corrected chi connectivity index (χ4v) is 4.65. The van der Waals surface area contributed by atoms with Crippen LogP contribution in [0.15, 0.2) is 29.2 Å². The Bertz CT molecular complexity index is 973. The van der Waals surface area contributed by atoms with Crippen LogP contribution in [0.5, 0.6) is 0 Å². The molecule has 0 fully saturated rings. The van der Waals surface area contributed by atoms with E-state index in [0.717, 1.165) is 41.2 Å². The number of rotatable bonds is 10. The van der Waals surface area contributed by atoms with Gasteiger partial charge in [0.15, 0.2) is 0 Å². The second-order valence-corrected chi connectivity index (χ2v) is 10.4. The maximum Gasteiger partial charge on any atom is 0.319 e. The van der Waals surface area contributed by atoms with Gasteiger partial charge in [-0.3, -0.25) is 14.7 Å². The molecule has 174 valence electrons. The van der Waals surface area contributed by atoms with Gasteiger partial charge in [0.1, 0.15) is 16.1 Å². The first-order valence-corrected chi connectivity index (χ1v) is 11.9. The Hall–Kier alpha value is -2.68. The first kappa shape index (κ1) is 24.0. The number of fused-ring (bicyclic) bond motifs is 1. The highest BCUT2D eigenvalue weighted by Gasteiger charge is 2.41. The van der Waals surface area contributed by atoms with Crippen molar-refractivity contribution in [3.63, 3.8) is 0 Å². The average molecular weight is 460 g/mol. The van der Waals surface area contributed by atoms with Gasteiger partial charge < -0.3 is 20.6 Å². The number of thioether (sulfide) groups is 1. The number of carboxylic acids is 1. The van der Waals surface area contributed by atoms with E-state index in [9.17, 15) is 14.7 Å². The normalized spacial score (nSPS) is 18.3. The number of amides is 1. The number of nitrogens with one attached hydrogen (secondary N) is 3. The fraction of sp³-hybridized carbons (Fsp3) is 0.522. The smallest absolute Gasteiger partial charge is 0.319 e. The Morgan fingerprint density at radius 3 is 2.56 bits per heavy atom. The van der Waals surface area contributed by atoms with Crippen molar-refractivity contribution in [3.05, 3.63) is 35.7 Å². The van der Waals surface area contributed by atoms with Crippen LogP contribution in [0.25, 0.3) is 0 Å². The van der Waals surface area contributed by atoms with Gasteiger partial charge in [0.05, 0.1) is 11.4 Å². The van der Waals surface area contributed by atoms with Crippen molar-refractivity contribution in [2.75, 3.05) is 23.7 Å². The number of H-pyrrole nitrogens is 1. The lowest BCUT2D eigenvalue weighted by Gasteiger charge is -2.45. The van der Waals surface area contributed by atoms with E-state index in [1.807, 2.05) is 36.1 Å². The number of carbonyl (C=O) groups excluding carboxylic acids is 1. The summed E-state index contributed by atoms with van der Waals surface area (Å²) in [7, 11) is 0. The SMILES string of the molecule is CCCc1n[nH]c2c1NC(C)(CC)N(CCNc1ccc(SC(C)(C)C(=O)O)cc1)C2=O. The van der Waals surface area contributed by atoms with E-state index in [1.165, 1.54) is 11.8 Å². The minimum absolute atomic E-state index is 0.0394. The lowest BCUT2D eigenvalue weighted by atomic mass is 10.0. The molecule has 1 unspecified atom stereocenters. The molecule has 0 radical (unpaired) electrons. The van der Waals surface area contributed by atoms with Crippen molar-refractivity contribution in [2.45, 2.75) is 69.2 Å². The molecule has 0 bridgehead atoms. The lowest BCUT2D eigenvalue weighted by molar-refractivity contribution is -0.138. The van der Waals surface area contributed by atoms with Crippen molar-refractivity contribution in [2.24, 2.45) is 0 Å². The molecule has 0 saturated heterocycles. The third-order valence-corrected chi connectivity index (χ3v) is 7.07. The van der Waals surface area contributed by atoms with Gasteiger partial charge >= 0.3 is 5.97 Å². The first-order chi connectivity index (χ1) is 15.1. The Kier molecular flexibility index (Phi) is 7.07. The number of aromatic nitrogens is 2. The van der Waals surface area contributed by atoms with Crippen LogP contribution in [-0.4, -0.2) is 55.6 Å². The predicted octanol–water partition coefficient (Wildman–Crippen LogP) is 4.42. The second kappa shape index (κ2) is 9.44. The molecule has 0 spiro atoms. The van der Waals surface area contributed by atoms with E-state index in [2.05, 4.69) is 34.7 Å². The van der Waals surface area contributed by atoms with Crippen LogP contribution in [-0.2, 0) is 11.2 Å². The van der Waals surface area contributed by atoms with Gasteiger partial charge in [-0.1, -0.05) is 20.3 Å². The van der Waals surface area contributed by atoms with E-state index in [1.54, 1.807) is 13.8 Å². The van der Waals surface area contributed by atoms with E-state index in [-0.39, 0.29) is 5.91 Å². The number of aromatic amines is 1. The quantitative estimate of drug-likeness (QED) is 0.389. The third-order valence-electron chi connectivity index (χ3n) is 5.87. The number of aliphatic carboxylic acids is 1. The highest BCUT2D eigenvalue weighted by atomic mass is 32.2. The maximum absolute atomic E-state index is 13.2. The average Bonchev–Trinajstić information content (AvgIpc) is 3.14. The monoisotopic (exact) mass is 459 g/mol.